The highest BCUT2D eigenvalue weighted by Crippen LogP contribution is 2.28. The van der Waals surface area contributed by atoms with Crippen molar-refractivity contribution in [2.45, 2.75) is 18.8 Å². The largest absolute Gasteiger partial charge is 0.342 e. The number of aromatic amines is 1. The Bertz CT molecular complexity index is 1090. The maximum Gasteiger partial charge on any atom is 0.253 e. The average Bonchev–Trinajstić information content (AvgIpc) is 3.24. The van der Waals surface area contributed by atoms with Crippen molar-refractivity contribution >= 4 is 16.9 Å². The first-order valence-corrected chi connectivity index (χ1v) is 10.0. The number of piperidine rings is 1. The lowest BCUT2D eigenvalue weighted by Crippen LogP contribution is -2.38. The molecule has 5 nitrogen and oxygen atoms in total. The van der Waals surface area contributed by atoms with Crippen LogP contribution in [0.15, 0.2) is 73.1 Å². The number of benzene rings is 2. The molecule has 5 heteroatoms. The first kappa shape index (κ1) is 17.6. The molecule has 0 aliphatic carbocycles. The minimum atomic E-state index is 0.106. The van der Waals surface area contributed by atoms with Crippen LogP contribution in [0.3, 0.4) is 0 Å². The third-order valence-corrected chi connectivity index (χ3v) is 5.72. The summed E-state index contributed by atoms with van der Waals surface area (Å²) < 4.78 is 0. The number of likely N-dealkylation sites (tertiary alicyclic amines) is 1. The van der Waals surface area contributed by atoms with Crippen LogP contribution in [0.4, 0.5) is 0 Å². The molecule has 0 radical (unpaired) electrons. The number of carbonyl (C=O) groups is 1. The molecule has 1 fully saturated rings. The van der Waals surface area contributed by atoms with Crippen molar-refractivity contribution in [1.29, 1.82) is 0 Å². The van der Waals surface area contributed by atoms with Gasteiger partial charge < -0.3 is 9.88 Å². The van der Waals surface area contributed by atoms with Crippen LogP contribution in [0.25, 0.3) is 22.2 Å². The molecule has 2 aromatic carbocycles. The van der Waals surface area contributed by atoms with Crippen LogP contribution in [-0.2, 0) is 0 Å². The number of carbonyl (C=O) groups excluding carboxylic acids is 1. The molecule has 4 aromatic rings. The molecule has 1 saturated heterocycles. The van der Waals surface area contributed by atoms with Crippen molar-refractivity contribution in [3.05, 3.63) is 84.4 Å². The summed E-state index contributed by atoms with van der Waals surface area (Å²) in [5, 5.41) is 0. The second-order valence-corrected chi connectivity index (χ2v) is 7.52. The molecule has 0 atom stereocenters. The number of H-pyrrole nitrogens is 1. The Morgan fingerprint density at radius 2 is 1.59 bits per heavy atom. The van der Waals surface area contributed by atoms with E-state index in [1.165, 1.54) is 0 Å². The fraction of sp³-hybridized carbons (Fsp3) is 0.208. The quantitative estimate of drug-likeness (QED) is 0.561. The summed E-state index contributed by atoms with van der Waals surface area (Å²) >= 11 is 0. The minimum absolute atomic E-state index is 0.106. The standard InChI is InChI=1S/C24H22N4O/c29-24(20-7-5-17(6-8-20)18-9-13-25-14-10-18)28-15-11-19(12-16-28)23-26-21-3-1-2-4-22(21)27-23/h1-10,13-14,19H,11-12,15-16H2,(H,26,27). The maximum absolute atomic E-state index is 12.9. The molecule has 5 rings (SSSR count). The van der Waals surface area contributed by atoms with Gasteiger partial charge in [-0.1, -0.05) is 24.3 Å². The highest BCUT2D eigenvalue weighted by atomic mass is 16.2. The zero-order valence-corrected chi connectivity index (χ0v) is 16.1. The van der Waals surface area contributed by atoms with Crippen LogP contribution in [0, 0.1) is 0 Å². The highest BCUT2D eigenvalue weighted by Gasteiger charge is 2.26. The fourth-order valence-corrected chi connectivity index (χ4v) is 4.05. The number of fused-ring (bicyclic) bond motifs is 1. The highest BCUT2D eigenvalue weighted by molar-refractivity contribution is 5.94. The van der Waals surface area contributed by atoms with Gasteiger partial charge in [0.05, 0.1) is 11.0 Å². The van der Waals surface area contributed by atoms with Crippen LogP contribution in [0.1, 0.15) is 34.9 Å². The number of rotatable bonds is 3. The number of hydrogen-bond donors (Lipinski definition) is 1. The van der Waals surface area contributed by atoms with Gasteiger partial charge in [-0.2, -0.15) is 0 Å². The maximum atomic E-state index is 12.9. The van der Waals surface area contributed by atoms with Crippen molar-refractivity contribution in [3.8, 4) is 11.1 Å². The van der Waals surface area contributed by atoms with Crippen molar-refractivity contribution in [2.75, 3.05) is 13.1 Å². The predicted molar refractivity (Wildman–Crippen MR) is 114 cm³/mol. The van der Waals surface area contributed by atoms with Crippen LogP contribution < -0.4 is 0 Å². The topological polar surface area (TPSA) is 61.9 Å². The molecule has 1 amide bonds. The van der Waals surface area contributed by atoms with E-state index in [2.05, 4.69) is 16.0 Å². The first-order chi connectivity index (χ1) is 14.3. The monoisotopic (exact) mass is 382 g/mol. The van der Waals surface area contributed by atoms with Crippen molar-refractivity contribution < 1.29 is 4.79 Å². The van der Waals surface area contributed by atoms with Gasteiger partial charge in [-0.15, -0.1) is 0 Å². The van der Waals surface area contributed by atoms with Crippen LogP contribution in [0.5, 0.6) is 0 Å². The van der Waals surface area contributed by atoms with Gasteiger partial charge in [0, 0.05) is 37.0 Å². The molecule has 1 aliphatic heterocycles. The van der Waals surface area contributed by atoms with Gasteiger partial charge in [-0.3, -0.25) is 9.78 Å². The molecule has 0 bridgehead atoms. The molecule has 29 heavy (non-hydrogen) atoms. The summed E-state index contributed by atoms with van der Waals surface area (Å²) in [6.07, 6.45) is 5.42. The molecular weight excluding hydrogens is 360 g/mol. The van der Waals surface area contributed by atoms with E-state index >= 15 is 0 Å². The smallest absolute Gasteiger partial charge is 0.253 e. The summed E-state index contributed by atoms with van der Waals surface area (Å²) in [5.74, 6) is 1.52. The molecule has 2 aromatic heterocycles. The molecule has 0 spiro atoms. The first-order valence-electron chi connectivity index (χ1n) is 10.0. The lowest BCUT2D eigenvalue weighted by Gasteiger charge is -2.31. The van der Waals surface area contributed by atoms with Crippen LogP contribution in [-0.4, -0.2) is 38.8 Å². The van der Waals surface area contributed by atoms with Crippen LogP contribution in [0.2, 0.25) is 0 Å². The van der Waals surface area contributed by atoms with E-state index in [1.54, 1.807) is 12.4 Å². The lowest BCUT2D eigenvalue weighted by atomic mass is 9.95. The number of nitrogens with one attached hydrogen (secondary N) is 1. The van der Waals surface area contributed by atoms with Gasteiger partial charge in [0.2, 0.25) is 0 Å². The Kier molecular flexibility index (Phi) is 4.56. The summed E-state index contributed by atoms with van der Waals surface area (Å²) in [5.41, 5.74) is 5.02. The molecule has 3 heterocycles. The second kappa shape index (κ2) is 7.51. The van der Waals surface area contributed by atoms with Crippen molar-refractivity contribution in [2.24, 2.45) is 0 Å². The zero-order valence-electron chi connectivity index (χ0n) is 16.1. The number of pyridine rings is 1. The van der Waals surface area contributed by atoms with E-state index in [0.717, 1.165) is 59.5 Å². The lowest BCUT2D eigenvalue weighted by molar-refractivity contribution is 0.0711. The number of hydrogen-bond acceptors (Lipinski definition) is 3. The molecule has 0 saturated carbocycles. The number of amides is 1. The van der Waals surface area contributed by atoms with Crippen molar-refractivity contribution in [1.82, 2.24) is 19.9 Å². The number of nitrogens with zero attached hydrogens (tertiary/aromatic N) is 3. The number of para-hydroxylation sites is 2. The van der Waals surface area contributed by atoms with Gasteiger partial charge in [0.15, 0.2) is 0 Å². The third-order valence-electron chi connectivity index (χ3n) is 5.72. The molecule has 1 N–H and O–H groups in total. The summed E-state index contributed by atoms with van der Waals surface area (Å²) in [4.78, 5) is 27.1. The SMILES string of the molecule is O=C(c1ccc(-c2ccncc2)cc1)N1CCC(c2nc3ccccc3[nH]2)CC1. The molecular formula is C24H22N4O. The summed E-state index contributed by atoms with van der Waals surface area (Å²) in [6.45, 7) is 1.51. The van der Waals surface area contributed by atoms with Gasteiger partial charge in [0.25, 0.3) is 5.91 Å². The third kappa shape index (κ3) is 3.51. The second-order valence-electron chi connectivity index (χ2n) is 7.52. The van der Waals surface area contributed by atoms with Gasteiger partial charge in [-0.25, -0.2) is 4.98 Å². The predicted octanol–water partition coefficient (Wildman–Crippen LogP) is 4.64. The summed E-state index contributed by atoms with van der Waals surface area (Å²) in [7, 11) is 0. The number of aromatic nitrogens is 3. The van der Waals surface area contributed by atoms with E-state index in [0.29, 0.717) is 5.92 Å². The average molecular weight is 382 g/mol. The molecule has 1 aliphatic rings. The van der Waals surface area contributed by atoms with E-state index in [9.17, 15) is 4.79 Å². The Morgan fingerprint density at radius 1 is 0.897 bits per heavy atom. The normalized spacial score (nSPS) is 15.0. The zero-order chi connectivity index (χ0) is 19.6. The fourth-order valence-electron chi connectivity index (χ4n) is 4.05. The Labute approximate surface area is 169 Å². The minimum Gasteiger partial charge on any atom is -0.342 e. The van der Waals surface area contributed by atoms with E-state index in [1.807, 2.05) is 59.5 Å². The van der Waals surface area contributed by atoms with Crippen LogP contribution >= 0.6 is 0 Å². The Morgan fingerprint density at radius 3 is 2.31 bits per heavy atom. The van der Waals surface area contributed by atoms with Gasteiger partial charge >= 0.3 is 0 Å². The summed E-state index contributed by atoms with van der Waals surface area (Å²) in [6, 6.07) is 19.9. The Balaban J connectivity index is 1.25. The van der Waals surface area contributed by atoms with E-state index < -0.39 is 0 Å². The Hall–Kier alpha value is -3.47. The van der Waals surface area contributed by atoms with E-state index in [-0.39, 0.29) is 5.91 Å². The van der Waals surface area contributed by atoms with Gasteiger partial charge in [-0.05, 0) is 60.4 Å². The molecule has 0 unspecified atom stereocenters. The number of imidazole rings is 1. The molecule has 144 valence electrons. The van der Waals surface area contributed by atoms with E-state index in [4.69, 9.17) is 4.98 Å². The van der Waals surface area contributed by atoms with Crippen molar-refractivity contribution in [3.63, 3.8) is 0 Å². The van der Waals surface area contributed by atoms with Gasteiger partial charge in [0.1, 0.15) is 5.82 Å².